The second-order valence-electron chi connectivity index (χ2n) is 17.6. The highest BCUT2D eigenvalue weighted by atomic mass is 15.0. The van der Waals surface area contributed by atoms with Gasteiger partial charge in [-0.15, -0.1) is 0 Å². The van der Waals surface area contributed by atoms with Crippen LogP contribution in [0.1, 0.15) is 25.0 Å². The van der Waals surface area contributed by atoms with Crippen molar-refractivity contribution < 1.29 is 0 Å². The summed E-state index contributed by atoms with van der Waals surface area (Å²) in [5.74, 6) is 1.91. The molecule has 0 amide bonds. The molecule has 3 aromatic heterocycles. The van der Waals surface area contributed by atoms with Crippen LogP contribution >= 0.6 is 0 Å². The van der Waals surface area contributed by atoms with Crippen LogP contribution in [0.3, 0.4) is 0 Å². The lowest BCUT2D eigenvalue weighted by atomic mass is 9.82. The van der Waals surface area contributed by atoms with Gasteiger partial charge in [-0.3, -0.25) is 0 Å². The summed E-state index contributed by atoms with van der Waals surface area (Å²) in [4.78, 5) is 15.2. The molecular weight excluding hydrogens is 791 g/mol. The summed E-state index contributed by atoms with van der Waals surface area (Å²) in [6.07, 6.45) is 0. The van der Waals surface area contributed by atoms with Crippen molar-refractivity contribution in [3.8, 4) is 67.8 Å². The summed E-state index contributed by atoms with van der Waals surface area (Å²) in [5.41, 5.74) is 17.2. The number of rotatable bonds is 6. The van der Waals surface area contributed by atoms with Gasteiger partial charge in [0, 0.05) is 60.6 Å². The topological polar surface area (TPSA) is 48.5 Å². The molecule has 1 aliphatic rings. The zero-order chi connectivity index (χ0) is 43.2. The van der Waals surface area contributed by atoms with E-state index in [1.807, 2.05) is 36.4 Å². The average molecular weight is 832 g/mol. The van der Waals surface area contributed by atoms with Gasteiger partial charge in [0.15, 0.2) is 17.5 Å². The smallest absolute Gasteiger partial charge is 0.164 e. The number of fused-ring (bicyclic) bond motifs is 9. The van der Waals surface area contributed by atoms with Gasteiger partial charge in [-0.05, 0) is 82.4 Å². The van der Waals surface area contributed by atoms with E-state index < -0.39 is 0 Å². The van der Waals surface area contributed by atoms with Crippen LogP contribution < -0.4 is 0 Å². The molecule has 0 N–H and O–H groups in total. The van der Waals surface area contributed by atoms with Gasteiger partial charge >= 0.3 is 0 Å². The fourth-order valence-electron chi connectivity index (χ4n) is 10.5. The predicted molar refractivity (Wildman–Crippen MR) is 268 cm³/mol. The minimum Gasteiger partial charge on any atom is -0.309 e. The predicted octanol–water partition coefficient (Wildman–Crippen LogP) is 15.0. The van der Waals surface area contributed by atoms with E-state index in [9.17, 15) is 0 Å². The van der Waals surface area contributed by atoms with Crippen LogP contribution in [0, 0.1) is 0 Å². The summed E-state index contributed by atoms with van der Waals surface area (Å²) in [5, 5.41) is 4.90. The molecule has 1 aliphatic carbocycles. The molecule has 0 bridgehead atoms. The molecule has 0 saturated heterocycles. The van der Waals surface area contributed by atoms with Gasteiger partial charge in [0.2, 0.25) is 0 Å². The molecule has 0 spiro atoms. The highest BCUT2D eigenvalue weighted by Crippen LogP contribution is 2.51. The Morgan fingerprint density at radius 1 is 0.323 bits per heavy atom. The van der Waals surface area contributed by atoms with Crippen molar-refractivity contribution in [2.24, 2.45) is 0 Å². The summed E-state index contributed by atoms with van der Waals surface area (Å²) >= 11 is 0. The molecule has 12 aromatic rings. The number of hydrogen-bond donors (Lipinski definition) is 0. The van der Waals surface area contributed by atoms with Gasteiger partial charge in [0.1, 0.15) is 0 Å². The number of aromatic nitrogens is 5. The van der Waals surface area contributed by atoms with Gasteiger partial charge in [-0.25, -0.2) is 15.0 Å². The van der Waals surface area contributed by atoms with E-state index in [0.717, 1.165) is 39.1 Å². The second kappa shape index (κ2) is 14.3. The number of benzene rings is 9. The molecule has 9 aromatic carbocycles. The SMILES string of the molecule is CC1(C)c2ccccc2-c2cc3c4cc(-c5cccc6c7ccccc7n(-c7ccccc7)c56)ccc4n(-c4cccc(-c5nc(-c6ccccc6)nc(-c6ccccc6)n5)c4)c3cc21. The molecule has 0 atom stereocenters. The molecule has 3 heterocycles. The molecule has 13 rings (SSSR count). The molecule has 0 fully saturated rings. The van der Waals surface area contributed by atoms with Crippen molar-refractivity contribution in [3.05, 3.63) is 223 Å². The van der Waals surface area contributed by atoms with E-state index in [0.29, 0.717) is 17.5 Å². The minimum atomic E-state index is -0.165. The summed E-state index contributed by atoms with van der Waals surface area (Å²) in [7, 11) is 0. The second-order valence-corrected chi connectivity index (χ2v) is 17.6. The molecule has 306 valence electrons. The molecule has 0 aliphatic heterocycles. The van der Waals surface area contributed by atoms with E-state index in [1.54, 1.807) is 0 Å². The van der Waals surface area contributed by atoms with Crippen molar-refractivity contribution >= 4 is 43.6 Å². The minimum absolute atomic E-state index is 0.165. The molecule has 0 saturated carbocycles. The Hall–Kier alpha value is -8.41. The zero-order valence-corrected chi connectivity index (χ0v) is 35.9. The standard InChI is InChI=1S/C60H41N5/c1-60(2)51-30-14-12-26-45(51)48-36-50-49-35-40(44-28-17-29-47-46-27-13-15-31-53(46)65(56(44)47)42-23-10-5-11-24-42)32-33-54(49)64(55(50)37-52(48)60)43-25-16-22-41(34-43)59-62-57(38-18-6-3-7-19-38)61-58(63-59)39-20-8-4-9-21-39/h3-37H,1-2H3. The van der Waals surface area contributed by atoms with Gasteiger partial charge in [-0.2, -0.15) is 0 Å². The first kappa shape index (κ1) is 37.2. The van der Waals surface area contributed by atoms with Gasteiger partial charge < -0.3 is 9.13 Å². The Kier molecular flexibility index (Phi) is 8.18. The molecule has 65 heavy (non-hydrogen) atoms. The first-order valence-corrected chi connectivity index (χ1v) is 22.3. The van der Waals surface area contributed by atoms with Crippen molar-refractivity contribution in [2.75, 3.05) is 0 Å². The molecule has 5 heteroatoms. The van der Waals surface area contributed by atoms with Gasteiger partial charge in [-0.1, -0.05) is 172 Å². The average Bonchev–Trinajstić information content (AvgIpc) is 3.96. The maximum atomic E-state index is 5.12. The Labute approximate surface area is 376 Å². The lowest BCUT2D eigenvalue weighted by molar-refractivity contribution is 0.661. The van der Waals surface area contributed by atoms with E-state index >= 15 is 0 Å². The van der Waals surface area contributed by atoms with Crippen LogP contribution in [-0.4, -0.2) is 24.1 Å². The highest BCUT2D eigenvalue weighted by Gasteiger charge is 2.36. The molecule has 0 radical (unpaired) electrons. The normalized spacial score (nSPS) is 12.9. The Balaban J connectivity index is 1.06. The van der Waals surface area contributed by atoms with Crippen LogP contribution in [0.2, 0.25) is 0 Å². The van der Waals surface area contributed by atoms with Crippen LogP contribution in [0.25, 0.3) is 111 Å². The number of hydrogen-bond acceptors (Lipinski definition) is 3. The van der Waals surface area contributed by atoms with Crippen molar-refractivity contribution in [1.29, 1.82) is 0 Å². The van der Waals surface area contributed by atoms with E-state index in [1.165, 1.54) is 66.0 Å². The molecule has 5 nitrogen and oxygen atoms in total. The number of nitrogens with zero attached hydrogens (tertiary/aromatic N) is 5. The quantitative estimate of drug-likeness (QED) is 0.168. The third-order valence-corrected chi connectivity index (χ3v) is 13.6. The van der Waals surface area contributed by atoms with Crippen molar-refractivity contribution in [3.63, 3.8) is 0 Å². The van der Waals surface area contributed by atoms with Crippen LogP contribution in [0.15, 0.2) is 212 Å². The Bertz CT molecular complexity index is 3790. The summed E-state index contributed by atoms with van der Waals surface area (Å²) in [6.45, 7) is 4.72. The third kappa shape index (κ3) is 5.75. The largest absolute Gasteiger partial charge is 0.309 e. The van der Waals surface area contributed by atoms with E-state index in [2.05, 4.69) is 199 Å². The monoisotopic (exact) mass is 831 g/mol. The van der Waals surface area contributed by atoms with Crippen molar-refractivity contribution in [1.82, 2.24) is 24.1 Å². The highest BCUT2D eigenvalue weighted by molar-refractivity contribution is 6.16. The fraction of sp³-hybridized carbons (Fsp3) is 0.0500. The van der Waals surface area contributed by atoms with Crippen molar-refractivity contribution in [2.45, 2.75) is 19.3 Å². The first-order chi connectivity index (χ1) is 32.0. The van der Waals surface area contributed by atoms with E-state index in [-0.39, 0.29) is 5.41 Å². The lowest BCUT2D eigenvalue weighted by Gasteiger charge is -2.21. The fourth-order valence-corrected chi connectivity index (χ4v) is 10.5. The lowest BCUT2D eigenvalue weighted by Crippen LogP contribution is -2.14. The van der Waals surface area contributed by atoms with Crippen LogP contribution in [0.5, 0.6) is 0 Å². The Morgan fingerprint density at radius 3 is 1.63 bits per heavy atom. The maximum Gasteiger partial charge on any atom is 0.164 e. The maximum absolute atomic E-state index is 5.12. The molecular formula is C60H41N5. The van der Waals surface area contributed by atoms with Crippen LogP contribution in [-0.2, 0) is 5.41 Å². The van der Waals surface area contributed by atoms with Gasteiger partial charge in [0.25, 0.3) is 0 Å². The van der Waals surface area contributed by atoms with Crippen LogP contribution in [0.4, 0.5) is 0 Å². The summed E-state index contributed by atoms with van der Waals surface area (Å²) < 4.78 is 4.87. The molecule has 0 unspecified atom stereocenters. The first-order valence-electron chi connectivity index (χ1n) is 22.3. The van der Waals surface area contributed by atoms with Gasteiger partial charge in [0.05, 0.1) is 22.1 Å². The summed E-state index contributed by atoms with van der Waals surface area (Å²) in [6, 6.07) is 76.1. The van der Waals surface area contributed by atoms with E-state index in [4.69, 9.17) is 15.0 Å². The third-order valence-electron chi connectivity index (χ3n) is 13.6. The zero-order valence-electron chi connectivity index (χ0n) is 35.9. The Morgan fingerprint density at radius 2 is 0.877 bits per heavy atom. The number of para-hydroxylation sites is 3.